The summed E-state index contributed by atoms with van der Waals surface area (Å²) in [7, 11) is 1.28. The second-order valence-corrected chi connectivity index (χ2v) is 3.07. The second-order valence-electron chi connectivity index (χ2n) is 3.07. The molecule has 0 fully saturated rings. The molecular formula is C12H12O3. The third-order valence-corrected chi connectivity index (χ3v) is 2.03. The molecule has 0 radical (unpaired) electrons. The molecule has 1 aromatic rings. The van der Waals surface area contributed by atoms with Gasteiger partial charge in [0.05, 0.1) is 19.6 Å². The Morgan fingerprint density at radius 2 is 2.40 bits per heavy atom. The molecule has 0 saturated heterocycles. The van der Waals surface area contributed by atoms with Crippen LogP contribution in [0.15, 0.2) is 24.3 Å². The third kappa shape index (κ3) is 3.12. The highest BCUT2D eigenvalue weighted by molar-refractivity contribution is 5.70. The average Bonchev–Trinajstić information content (AvgIpc) is 2.28. The summed E-state index contributed by atoms with van der Waals surface area (Å²) < 4.78 is 4.46. The maximum absolute atomic E-state index is 10.9. The van der Waals surface area contributed by atoms with Crippen LogP contribution in [0.4, 0.5) is 0 Å². The molecule has 1 atom stereocenters. The topological polar surface area (TPSA) is 46.5 Å². The molecule has 78 valence electrons. The first-order valence-corrected chi connectivity index (χ1v) is 4.49. The van der Waals surface area contributed by atoms with Crippen LogP contribution in [-0.4, -0.2) is 18.2 Å². The van der Waals surface area contributed by atoms with E-state index < -0.39 is 12.1 Å². The molecule has 0 amide bonds. The standard InChI is InChI=1S/C12H12O3/c1-3-9-5-4-6-10(7-9)11(13)8-12(14)15-2/h1,4-7,11,13H,8H2,2H3. The number of aliphatic hydroxyl groups is 1. The smallest absolute Gasteiger partial charge is 0.308 e. The molecule has 0 aromatic heterocycles. The van der Waals surface area contributed by atoms with Crippen molar-refractivity contribution in [1.82, 2.24) is 0 Å². The van der Waals surface area contributed by atoms with E-state index >= 15 is 0 Å². The van der Waals surface area contributed by atoms with E-state index in [0.717, 1.165) is 0 Å². The van der Waals surface area contributed by atoms with Gasteiger partial charge in [0.2, 0.25) is 0 Å². The Bertz CT molecular complexity index is 390. The van der Waals surface area contributed by atoms with Crippen LogP contribution in [0.25, 0.3) is 0 Å². The summed E-state index contributed by atoms with van der Waals surface area (Å²) in [6, 6.07) is 6.89. The van der Waals surface area contributed by atoms with Crippen molar-refractivity contribution in [1.29, 1.82) is 0 Å². The quantitative estimate of drug-likeness (QED) is 0.595. The summed E-state index contributed by atoms with van der Waals surface area (Å²) >= 11 is 0. The monoisotopic (exact) mass is 204 g/mol. The first-order valence-electron chi connectivity index (χ1n) is 4.49. The van der Waals surface area contributed by atoms with Gasteiger partial charge in [0.25, 0.3) is 0 Å². The van der Waals surface area contributed by atoms with Gasteiger partial charge in [-0.05, 0) is 17.7 Å². The summed E-state index contributed by atoms with van der Waals surface area (Å²) in [4.78, 5) is 10.9. The molecule has 0 bridgehead atoms. The molecule has 3 heteroatoms. The summed E-state index contributed by atoms with van der Waals surface area (Å²) in [6.07, 6.45) is 4.29. The minimum atomic E-state index is -0.870. The van der Waals surface area contributed by atoms with Crippen molar-refractivity contribution < 1.29 is 14.6 Å². The number of terminal acetylenes is 1. The molecule has 0 saturated carbocycles. The molecule has 15 heavy (non-hydrogen) atoms. The van der Waals surface area contributed by atoms with E-state index in [1.165, 1.54) is 7.11 Å². The summed E-state index contributed by atoms with van der Waals surface area (Å²) in [6.45, 7) is 0. The van der Waals surface area contributed by atoms with Gasteiger partial charge in [-0.25, -0.2) is 0 Å². The van der Waals surface area contributed by atoms with Crippen molar-refractivity contribution in [2.24, 2.45) is 0 Å². The minimum Gasteiger partial charge on any atom is -0.469 e. The van der Waals surface area contributed by atoms with Crippen LogP contribution >= 0.6 is 0 Å². The fourth-order valence-electron chi connectivity index (χ4n) is 1.19. The average molecular weight is 204 g/mol. The number of aliphatic hydroxyl groups excluding tert-OH is 1. The van der Waals surface area contributed by atoms with Crippen LogP contribution in [0.1, 0.15) is 23.7 Å². The predicted molar refractivity (Wildman–Crippen MR) is 56.0 cm³/mol. The van der Waals surface area contributed by atoms with E-state index in [4.69, 9.17) is 6.42 Å². The summed E-state index contributed by atoms with van der Waals surface area (Å²) in [5, 5.41) is 9.67. The molecule has 0 heterocycles. The number of hydrogen-bond acceptors (Lipinski definition) is 3. The molecule has 0 spiro atoms. The Hall–Kier alpha value is -1.79. The number of carbonyl (C=O) groups is 1. The van der Waals surface area contributed by atoms with E-state index in [1.54, 1.807) is 24.3 Å². The number of methoxy groups -OCH3 is 1. The fraction of sp³-hybridized carbons (Fsp3) is 0.250. The molecule has 1 rings (SSSR count). The Morgan fingerprint density at radius 1 is 1.67 bits per heavy atom. The second kappa shape index (κ2) is 5.18. The molecule has 0 aliphatic rings. The number of carbonyl (C=O) groups excluding carboxylic acids is 1. The maximum Gasteiger partial charge on any atom is 0.308 e. The van der Waals surface area contributed by atoms with Crippen molar-refractivity contribution in [2.75, 3.05) is 7.11 Å². The van der Waals surface area contributed by atoms with E-state index in [1.807, 2.05) is 0 Å². The highest BCUT2D eigenvalue weighted by Gasteiger charge is 2.13. The molecule has 0 aliphatic carbocycles. The van der Waals surface area contributed by atoms with Gasteiger partial charge in [-0.15, -0.1) is 6.42 Å². The lowest BCUT2D eigenvalue weighted by Crippen LogP contribution is -2.08. The van der Waals surface area contributed by atoms with Crippen LogP contribution in [0.2, 0.25) is 0 Å². The Morgan fingerprint density at radius 3 is 3.00 bits per heavy atom. The Balaban J connectivity index is 2.78. The predicted octanol–water partition coefficient (Wildman–Crippen LogP) is 1.26. The molecule has 0 aliphatic heterocycles. The third-order valence-electron chi connectivity index (χ3n) is 2.03. The zero-order chi connectivity index (χ0) is 11.3. The fourth-order valence-corrected chi connectivity index (χ4v) is 1.19. The van der Waals surface area contributed by atoms with Gasteiger partial charge >= 0.3 is 5.97 Å². The van der Waals surface area contributed by atoms with Gasteiger partial charge in [0, 0.05) is 5.56 Å². The lowest BCUT2D eigenvalue weighted by molar-refractivity contribution is -0.142. The number of benzene rings is 1. The normalized spacial score (nSPS) is 11.5. The van der Waals surface area contributed by atoms with E-state index in [2.05, 4.69) is 10.7 Å². The van der Waals surface area contributed by atoms with Gasteiger partial charge in [0.1, 0.15) is 0 Å². The SMILES string of the molecule is C#Cc1cccc(C(O)CC(=O)OC)c1. The van der Waals surface area contributed by atoms with Crippen molar-refractivity contribution in [3.63, 3.8) is 0 Å². The van der Waals surface area contributed by atoms with Crippen LogP contribution in [0.5, 0.6) is 0 Å². The highest BCUT2D eigenvalue weighted by Crippen LogP contribution is 2.17. The van der Waals surface area contributed by atoms with Crippen LogP contribution in [0, 0.1) is 12.3 Å². The van der Waals surface area contributed by atoms with Gasteiger partial charge in [0.15, 0.2) is 0 Å². The Kier molecular flexibility index (Phi) is 3.90. The maximum atomic E-state index is 10.9. The van der Waals surface area contributed by atoms with Crippen LogP contribution in [0.3, 0.4) is 0 Å². The lowest BCUT2D eigenvalue weighted by atomic mass is 10.0. The van der Waals surface area contributed by atoms with Crippen molar-refractivity contribution in [2.45, 2.75) is 12.5 Å². The first-order chi connectivity index (χ1) is 7.17. The molecule has 1 aromatic carbocycles. The Labute approximate surface area is 88.7 Å². The van der Waals surface area contributed by atoms with Gasteiger partial charge in [-0.2, -0.15) is 0 Å². The molecule has 3 nitrogen and oxygen atoms in total. The van der Waals surface area contributed by atoms with Gasteiger partial charge in [-0.1, -0.05) is 18.1 Å². The zero-order valence-electron chi connectivity index (χ0n) is 8.43. The van der Waals surface area contributed by atoms with Crippen molar-refractivity contribution >= 4 is 5.97 Å². The van der Waals surface area contributed by atoms with Crippen molar-refractivity contribution in [3.8, 4) is 12.3 Å². The van der Waals surface area contributed by atoms with E-state index in [0.29, 0.717) is 11.1 Å². The van der Waals surface area contributed by atoms with Gasteiger partial charge in [-0.3, -0.25) is 4.79 Å². The number of hydrogen-bond donors (Lipinski definition) is 1. The minimum absolute atomic E-state index is 0.0650. The zero-order valence-corrected chi connectivity index (χ0v) is 8.43. The van der Waals surface area contributed by atoms with E-state index in [-0.39, 0.29) is 6.42 Å². The summed E-state index contributed by atoms with van der Waals surface area (Å²) in [5.41, 5.74) is 1.30. The molecule has 1 unspecified atom stereocenters. The van der Waals surface area contributed by atoms with E-state index in [9.17, 15) is 9.90 Å². The lowest BCUT2D eigenvalue weighted by Gasteiger charge is -2.09. The van der Waals surface area contributed by atoms with Crippen LogP contribution < -0.4 is 0 Å². The first kappa shape index (κ1) is 11.3. The summed E-state index contributed by atoms with van der Waals surface area (Å²) in [5.74, 6) is 2.01. The number of ether oxygens (including phenoxy) is 1. The van der Waals surface area contributed by atoms with Crippen LogP contribution in [-0.2, 0) is 9.53 Å². The number of rotatable bonds is 3. The molecular weight excluding hydrogens is 192 g/mol. The number of esters is 1. The highest BCUT2D eigenvalue weighted by atomic mass is 16.5. The molecule has 1 N–H and O–H groups in total. The van der Waals surface area contributed by atoms with Crippen molar-refractivity contribution in [3.05, 3.63) is 35.4 Å². The largest absolute Gasteiger partial charge is 0.469 e. The van der Waals surface area contributed by atoms with Gasteiger partial charge < -0.3 is 9.84 Å².